The minimum absolute atomic E-state index is 0.291. The maximum Gasteiger partial charge on any atom is 0.265 e. The molecule has 6 nitrogen and oxygen atoms in total. The number of halogens is 1. The van der Waals surface area contributed by atoms with Gasteiger partial charge in [-0.15, -0.1) is 11.3 Å². The number of methoxy groups -OCH3 is 1. The topological polar surface area (TPSA) is 81.7 Å². The van der Waals surface area contributed by atoms with Crippen LogP contribution in [0.25, 0.3) is 10.1 Å². The van der Waals surface area contributed by atoms with Crippen molar-refractivity contribution >= 4 is 54.5 Å². The lowest BCUT2D eigenvalue weighted by Crippen LogP contribution is -2.27. The number of amides is 1. The molecular formula is C26H24ClNO5S2. The van der Waals surface area contributed by atoms with Gasteiger partial charge in [0.25, 0.3) is 5.91 Å². The van der Waals surface area contributed by atoms with E-state index in [4.69, 9.17) is 21.1 Å². The third kappa shape index (κ3) is 5.45. The summed E-state index contributed by atoms with van der Waals surface area (Å²) < 4.78 is 35.6. The molecule has 1 aromatic heterocycles. The van der Waals surface area contributed by atoms with Crippen molar-refractivity contribution in [1.29, 1.82) is 0 Å². The summed E-state index contributed by atoms with van der Waals surface area (Å²) in [4.78, 5) is 13.5. The van der Waals surface area contributed by atoms with Crippen molar-refractivity contribution in [2.24, 2.45) is 0 Å². The largest absolute Gasteiger partial charge is 0.497 e. The monoisotopic (exact) mass is 529 g/mol. The number of carbonyl (C=O) groups excluding carboxylic acids is 1. The van der Waals surface area contributed by atoms with Crippen molar-refractivity contribution in [3.8, 4) is 17.2 Å². The van der Waals surface area contributed by atoms with Crippen molar-refractivity contribution < 1.29 is 22.7 Å². The number of benzene rings is 3. The molecule has 0 saturated carbocycles. The zero-order valence-corrected chi connectivity index (χ0v) is 22.0. The highest BCUT2D eigenvalue weighted by Crippen LogP contribution is 2.35. The van der Waals surface area contributed by atoms with Crippen molar-refractivity contribution in [3.05, 3.63) is 82.2 Å². The van der Waals surface area contributed by atoms with E-state index in [2.05, 4.69) is 5.32 Å². The molecule has 0 saturated heterocycles. The van der Waals surface area contributed by atoms with E-state index < -0.39 is 14.6 Å². The first kappa shape index (κ1) is 25.0. The Hall–Kier alpha value is -3.07. The van der Waals surface area contributed by atoms with Crippen molar-refractivity contribution in [2.75, 3.05) is 18.7 Å². The average molecular weight is 530 g/mol. The molecule has 0 fully saturated rings. The lowest BCUT2D eigenvalue weighted by atomic mass is 10.0. The zero-order chi connectivity index (χ0) is 25.4. The summed E-state index contributed by atoms with van der Waals surface area (Å²) in [6.45, 7) is 3.35. The average Bonchev–Trinajstić information content (AvgIpc) is 3.23. The molecule has 4 aromatic rings. The highest BCUT2D eigenvalue weighted by Gasteiger charge is 2.32. The zero-order valence-electron chi connectivity index (χ0n) is 19.6. The molecule has 0 aliphatic carbocycles. The third-order valence-electron chi connectivity index (χ3n) is 5.79. The van der Waals surface area contributed by atoms with Crippen LogP contribution in [0.1, 0.15) is 29.1 Å². The van der Waals surface area contributed by atoms with Crippen LogP contribution in [0.3, 0.4) is 0 Å². The van der Waals surface area contributed by atoms with Gasteiger partial charge in [-0.25, -0.2) is 8.42 Å². The summed E-state index contributed by atoms with van der Waals surface area (Å²) in [6, 6.07) is 19.3. The molecule has 1 heterocycles. The number of sulfone groups is 1. The number of hydrogen-bond acceptors (Lipinski definition) is 6. The number of hydrogen-bond donors (Lipinski definition) is 1. The number of ether oxygens (including phenoxy) is 2. The first-order valence-corrected chi connectivity index (χ1v) is 13.7. The highest BCUT2D eigenvalue weighted by molar-refractivity contribution is 7.91. The van der Waals surface area contributed by atoms with Crippen molar-refractivity contribution in [1.82, 2.24) is 0 Å². The van der Waals surface area contributed by atoms with E-state index in [1.807, 2.05) is 12.1 Å². The molecule has 4 rings (SSSR count). The Morgan fingerprint density at radius 1 is 0.943 bits per heavy atom. The minimum Gasteiger partial charge on any atom is -0.497 e. The number of carbonyl (C=O) groups is 1. The van der Waals surface area contributed by atoms with Crippen molar-refractivity contribution in [2.45, 2.75) is 18.6 Å². The first-order chi connectivity index (χ1) is 16.5. The first-order valence-electron chi connectivity index (χ1n) is 10.6. The standard InChI is InChI=1S/C26H24ClNO5S2/c1-26(2,35(4,30)31)17-5-10-23-16(11-17)12-24(34-23)25(29)28-19-13-21(32-3)15-22(14-19)33-20-8-6-18(27)7-9-20/h5-15H,1-4H3,(H,28,29). The normalized spacial score (nSPS) is 11.9. The molecule has 3 aromatic carbocycles. The lowest BCUT2D eigenvalue weighted by molar-refractivity contribution is 0.103. The quantitative estimate of drug-likeness (QED) is 0.282. The molecule has 1 amide bonds. The Morgan fingerprint density at radius 3 is 2.29 bits per heavy atom. The van der Waals surface area contributed by atoms with Gasteiger partial charge < -0.3 is 14.8 Å². The summed E-state index contributed by atoms with van der Waals surface area (Å²) in [6.07, 6.45) is 1.22. The van der Waals surface area contributed by atoms with Gasteiger partial charge in [0.05, 0.1) is 16.7 Å². The van der Waals surface area contributed by atoms with Crippen LogP contribution in [0.15, 0.2) is 66.7 Å². The fraction of sp³-hybridized carbons (Fsp3) is 0.192. The molecule has 0 radical (unpaired) electrons. The SMILES string of the molecule is COc1cc(NC(=O)c2cc3cc(C(C)(C)S(C)(=O)=O)ccc3s2)cc(Oc2ccc(Cl)cc2)c1. The van der Waals surface area contributed by atoms with Crippen LogP contribution in [0.4, 0.5) is 5.69 Å². The molecular weight excluding hydrogens is 506 g/mol. The number of anilines is 1. The van der Waals surface area contributed by atoms with E-state index in [0.717, 1.165) is 10.1 Å². The van der Waals surface area contributed by atoms with Crippen LogP contribution in [0.2, 0.25) is 5.02 Å². The molecule has 0 atom stereocenters. The number of nitrogens with one attached hydrogen (secondary N) is 1. The molecule has 35 heavy (non-hydrogen) atoms. The Balaban J connectivity index is 1.59. The lowest BCUT2D eigenvalue weighted by Gasteiger charge is -2.23. The van der Waals surface area contributed by atoms with E-state index >= 15 is 0 Å². The second-order valence-electron chi connectivity index (χ2n) is 8.55. The highest BCUT2D eigenvalue weighted by atomic mass is 35.5. The van der Waals surface area contributed by atoms with Gasteiger partial charge in [-0.1, -0.05) is 17.7 Å². The molecule has 0 spiro atoms. The van der Waals surface area contributed by atoms with E-state index in [9.17, 15) is 13.2 Å². The smallest absolute Gasteiger partial charge is 0.265 e. The predicted molar refractivity (Wildman–Crippen MR) is 142 cm³/mol. The van der Waals surface area contributed by atoms with E-state index in [0.29, 0.717) is 38.4 Å². The van der Waals surface area contributed by atoms with Gasteiger partial charge in [0, 0.05) is 39.9 Å². The second-order valence-corrected chi connectivity index (χ2v) is 12.6. The minimum atomic E-state index is -3.32. The van der Waals surface area contributed by atoms with Crippen LogP contribution < -0.4 is 14.8 Å². The summed E-state index contributed by atoms with van der Waals surface area (Å²) >= 11 is 7.27. The molecule has 1 N–H and O–H groups in total. The molecule has 0 aliphatic rings. The summed E-state index contributed by atoms with van der Waals surface area (Å²) in [5.41, 5.74) is 1.18. The Kier molecular flexibility index (Phi) is 6.81. The van der Waals surface area contributed by atoms with Crippen molar-refractivity contribution in [3.63, 3.8) is 0 Å². The fourth-order valence-corrected chi connectivity index (χ4v) is 5.02. The molecule has 182 valence electrons. The molecule has 0 unspecified atom stereocenters. The summed E-state index contributed by atoms with van der Waals surface area (Å²) in [5.74, 6) is 1.32. The predicted octanol–water partition coefficient (Wildman–Crippen LogP) is 6.89. The van der Waals surface area contributed by atoms with Gasteiger partial charge in [-0.2, -0.15) is 0 Å². The Labute approximate surface area is 213 Å². The van der Waals surface area contributed by atoms with Crippen LogP contribution in [-0.2, 0) is 14.6 Å². The van der Waals surface area contributed by atoms with Gasteiger partial charge >= 0.3 is 0 Å². The van der Waals surface area contributed by atoms with Crippen LogP contribution in [0.5, 0.6) is 17.2 Å². The summed E-state index contributed by atoms with van der Waals surface area (Å²) in [5, 5.41) is 4.31. The van der Waals surface area contributed by atoms with E-state index in [1.54, 1.807) is 68.4 Å². The molecule has 9 heteroatoms. The maximum absolute atomic E-state index is 13.0. The van der Waals surface area contributed by atoms with Gasteiger partial charge in [-0.3, -0.25) is 4.79 Å². The van der Waals surface area contributed by atoms with E-state index in [-0.39, 0.29) is 5.91 Å². The van der Waals surface area contributed by atoms with E-state index in [1.165, 1.54) is 24.7 Å². The van der Waals surface area contributed by atoms with Gasteiger partial charge in [-0.05, 0) is 67.3 Å². The van der Waals surface area contributed by atoms with Crippen LogP contribution in [-0.4, -0.2) is 27.7 Å². The Bertz CT molecular complexity index is 1510. The third-order valence-corrected chi connectivity index (χ3v) is 9.24. The van der Waals surface area contributed by atoms with Crippen LogP contribution in [0, 0.1) is 0 Å². The van der Waals surface area contributed by atoms with Gasteiger partial charge in [0.15, 0.2) is 9.84 Å². The van der Waals surface area contributed by atoms with Gasteiger partial charge in [0.2, 0.25) is 0 Å². The second kappa shape index (κ2) is 9.53. The number of rotatable bonds is 7. The van der Waals surface area contributed by atoms with Gasteiger partial charge in [0.1, 0.15) is 17.2 Å². The maximum atomic E-state index is 13.0. The molecule has 0 aliphatic heterocycles. The molecule has 0 bridgehead atoms. The number of fused-ring (bicyclic) bond motifs is 1. The number of thiophene rings is 1. The summed E-state index contributed by atoms with van der Waals surface area (Å²) in [7, 11) is -1.78. The Morgan fingerprint density at radius 2 is 1.63 bits per heavy atom. The van der Waals surface area contributed by atoms with Crippen LogP contribution >= 0.6 is 22.9 Å². The fourth-order valence-electron chi connectivity index (χ4n) is 3.40.